The summed E-state index contributed by atoms with van der Waals surface area (Å²) in [6.07, 6.45) is 0. The summed E-state index contributed by atoms with van der Waals surface area (Å²) in [6, 6.07) is 6.66. The van der Waals surface area contributed by atoms with Gasteiger partial charge in [-0.2, -0.15) is 0 Å². The number of benzene rings is 1. The van der Waals surface area contributed by atoms with Crippen LogP contribution in [-0.4, -0.2) is 48.4 Å². The summed E-state index contributed by atoms with van der Waals surface area (Å²) in [5.41, 5.74) is 6.23. The quantitative estimate of drug-likeness (QED) is 0.475. The molecule has 110 valence electrons. The minimum atomic E-state index is -0.118. The molecule has 1 saturated heterocycles. The molecule has 0 aromatic heterocycles. The zero-order valence-electron chi connectivity index (χ0n) is 12.4. The largest absolute Gasteiger partial charge is 0.297 e. The molecule has 0 aliphatic carbocycles. The third-order valence-electron chi connectivity index (χ3n) is 3.97. The van der Waals surface area contributed by atoms with Gasteiger partial charge < -0.3 is 0 Å². The van der Waals surface area contributed by atoms with Gasteiger partial charge in [0, 0.05) is 32.7 Å². The van der Waals surface area contributed by atoms with Gasteiger partial charge in [-0.25, -0.2) is 5.84 Å². The van der Waals surface area contributed by atoms with Crippen LogP contribution in [0.15, 0.2) is 18.2 Å². The van der Waals surface area contributed by atoms with Crippen molar-refractivity contribution in [3.05, 3.63) is 34.9 Å². The molecule has 20 heavy (non-hydrogen) atoms. The summed E-state index contributed by atoms with van der Waals surface area (Å²) in [5, 5.41) is 0. The van der Waals surface area contributed by atoms with E-state index in [2.05, 4.69) is 47.3 Å². The molecule has 1 heterocycles. The third kappa shape index (κ3) is 4.03. The molecule has 0 bridgehead atoms. The van der Waals surface area contributed by atoms with Crippen molar-refractivity contribution < 1.29 is 4.79 Å². The molecular formula is C15H24N4O. The second-order valence-corrected chi connectivity index (χ2v) is 5.54. The van der Waals surface area contributed by atoms with Crippen LogP contribution in [0.4, 0.5) is 0 Å². The Morgan fingerprint density at radius 3 is 2.40 bits per heavy atom. The lowest BCUT2D eigenvalue weighted by Gasteiger charge is -2.34. The highest BCUT2D eigenvalue weighted by atomic mass is 16.2. The molecule has 5 heteroatoms. The first-order valence-electron chi connectivity index (χ1n) is 7.09. The second-order valence-electron chi connectivity index (χ2n) is 5.54. The van der Waals surface area contributed by atoms with E-state index < -0.39 is 0 Å². The SMILES string of the molecule is Cc1ccc(CN2CCN(CC(=O)NN)CC2)cc1C. The number of piperazine rings is 1. The number of nitrogens with one attached hydrogen (secondary N) is 1. The van der Waals surface area contributed by atoms with Crippen LogP contribution in [0.5, 0.6) is 0 Å². The van der Waals surface area contributed by atoms with E-state index in [0.717, 1.165) is 32.7 Å². The van der Waals surface area contributed by atoms with Crippen LogP contribution in [0.2, 0.25) is 0 Å². The molecule has 1 aromatic carbocycles. The standard InChI is InChI=1S/C15H24N4O/c1-12-3-4-14(9-13(12)2)10-18-5-7-19(8-6-18)11-15(20)17-16/h3-4,9H,5-8,10-11,16H2,1-2H3,(H,17,20). The zero-order chi connectivity index (χ0) is 14.5. The number of amides is 1. The highest BCUT2D eigenvalue weighted by Crippen LogP contribution is 2.13. The molecule has 0 spiro atoms. The van der Waals surface area contributed by atoms with Gasteiger partial charge in [-0.05, 0) is 30.5 Å². The fourth-order valence-electron chi connectivity index (χ4n) is 2.51. The molecule has 0 unspecified atom stereocenters. The van der Waals surface area contributed by atoms with Gasteiger partial charge in [0.05, 0.1) is 6.54 Å². The highest BCUT2D eigenvalue weighted by molar-refractivity contribution is 5.77. The Kier molecular flexibility index (Phi) is 5.11. The summed E-state index contributed by atoms with van der Waals surface area (Å²) in [7, 11) is 0. The monoisotopic (exact) mass is 276 g/mol. The minimum absolute atomic E-state index is 0.118. The number of hydrazine groups is 1. The van der Waals surface area contributed by atoms with E-state index >= 15 is 0 Å². The van der Waals surface area contributed by atoms with Crippen molar-refractivity contribution in [3.63, 3.8) is 0 Å². The van der Waals surface area contributed by atoms with Gasteiger partial charge >= 0.3 is 0 Å². The molecule has 0 atom stereocenters. The Balaban J connectivity index is 1.82. The molecule has 1 aliphatic rings. The molecule has 1 aromatic rings. The van der Waals surface area contributed by atoms with Gasteiger partial charge in [-0.3, -0.25) is 20.0 Å². The fourth-order valence-corrected chi connectivity index (χ4v) is 2.51. The van der Waals surface area contributed by atoms with Gasteiger partial charge in [0.15, 0.2) is 0 Å². The summed E-state index contributed by atoms with van der Waals surface area (Å²) in [4.78, 5) is 15.8. The predicted octanol–water partition coefficient (Wildman–Crippen LogP) is 0.411. The molecule has 1 aliphatic heterocycles. The van der Waals surface area contributed by atoms with E-state index in [9.17, 15) is 4.79 Å². The van der Waals surface area contributed by atoms with Crippen molar-refractivity contribution in [1.29, 1.82) is 0 Å². The Bertz CT molecular complexity index is 467. The van der Waals surface area contributed by atoms with Crippen LogP contribution in [0.1, 0.15) is 16.7 Å². The van der Waals surface area contributed by atoms with E-state index in [0.29, 0.717) is 6.54 Å². The molecule has 0 radical (unpaired) electrons. The second kappa shape index (κ2) is 6.83. The van der Waals surface area contributed by atoms with E-state index in [4.69, 9.17) is 5.84 Å². The van der Waals surface area contributed by atoms with Crippen LogP contribution in [0, 0.1) is 13.8 Å². The number of hydrogen-bond donors (Lipinski definition) is 2. The van der Waals surface area contributed by atoms with Crippen LogP contribution < -0.4 is 11.3 Å². The summed E-state index contributed by atoms with van der Waals surface area (Å²) >= 11 is 0. The van der Waals surface area contributed by atoms with E-state index in [1.54, 1.807) is 0 Å². The van der Waals surface area contributed by atoms with Crippen LogP contribution in [0.25, 0.3) is 0 Å². The Morgan fingerprint density at radius 2 is 1.80 bits per heavy atom. The smallest absolute Gasteiger partial charge is 0.248 e. The number of rotatable bonds is 4. The Labute approximate surface area is 120 Å². The van der Waals surface area contributed by atoms with Gasteiger partial charge in [0.1, 0.15) is 0 Å². The molecule has 3 N–H and O–H groups in total. The summed E-state index contributed by atoms with van der Waals surface area (Å²) in [5.74, 6) is 4.99. The summed E-state index contributed by atoms with van der Waals surface area (Å²) < 4.78 is 0. The molecule has 0 saturated carbocycles. The van der Waals surface area contributed by atoms with Crippen molar-refractivity contribution >= 4 is 5.91 Å². The number of nitrogens with zero attached hydrogens (tertiary/aromatic N) is 2. The van der Waals surface area contributed by atoms with Gasteiger partial charge in [0.25, 0.3) is 0 Å². The maximum Gasteiger partial charge on any atom is 0.248 e. The molecule has 2 rings (SSSR count). The zero-order valence-corrected chi connectivity index (χ0v) is 12.4. The number of carbonyl (C=O) groups excluding carboxylic acids is 1. The minimum Gasteiger partial charge on any atom is -0.297 e. The van der Waals surface area contributed by atoms with Crippen molar-refractivity contribution in [2.75, 3.05) is 32.7 Å². The van der Waals surface area contributed by atoms with Gasteiger partial charge in [0.2, 0.25) is 5.91 Å². The third-order valence-corrected chi connectivity index (χ3v) is 3.97. The average molecular weight is 276 g/mol. The van der Waals surface area contributed by atoms with Crippen molar-refractivity contribution in [1.82, 2.24) is 15.2 Å². The maximum absolute atomic E-state index is 11.2. The first-order chi connectivity index (χ1) is 9.58. The molecule has 1 fully saturated rings. The van der Waals surface area contributed by atoms with Crippen LogP contribution >= 0.6 is 0 Å². The predicted molar refractivity (Wildman–Crippen MR) is 80.0 cm³/mol. The van der Waals surface area contributed by atoms with Crippen molar-refractivity contribution in [3.8, 4) is 0 Å². The molecule has 1 amide bonds. The normalized spacial score (nSPS) is 17.1. The maximum atomic E-state index is 11.2. The Hall–Kier alpha value is -1.43. The number of nitrogens with two attached hydrogens (primary N) is 1. The summed E-state index contributed by atoms with van der Waals surface area (Å²) in [6.45, 7) is 9.49. The van der Waals surface area contributed by atoms with E-state index in [1.165, 1.54) is 16.7 Å². The van der Waals surface area contributed by atoms with Crippen LogP contribution in [0.3, 0.4) is 0 Å². The molecular weight excluding hydrogens is 252 g/mol. The first-order valence-corrected chi connectivity index (χ1v) is 7.09. The van der Waals surface area contributed by atoms with Crippen LogP contribution in [-0.2, 0) is 11.3 Å². The van der Waals surface area contributed by atoms with Crippen molar-refractivity contribution in [2.45, 2.75) is 20.4 Å². The first kappa shape index (κ1) is 15.0. The molecule has 5 nitrogen and oxygen atoms in total. The topological polar surface area (TPSA) is 61.6 Å². The number of hydrogen-bond acceptors (Lipinski definition) is 4. The van der Waals surface area contributed by atoms with Gasteiger partial charge in [-0.1, -0.05) is 18.2 Å². The number of carbonyl (C=O) groups is 1. The Morgan fingerprint density at radius 1 is 1.15 bits per heavy atom. The lowest BCUT2D eigenvalue weighted by Crippen LogP contribution is -2.49. The average Bonchev–Trinajstić information content (AvgIpc) is 2.45. The fraction of sp³-hybridized carbons (Fsp3) is 0.533. The lowest BCUT2D eigenvalue weighted by atomic mass is 10.1. The van der Waals surface area contributed by atoms with E-state index in [1.807, 2.05) is 0 Å². The lowest BCUT2D eigenvalue weighted by molar-refractivity contribution is -0.122. The highest BCUT2D eigenvalue weighted by Gasteiger charge is 2.18. The van der Waals surface area contributed by atoms with Gasteiger partial charge in [-0.15, -0.1) is 0 Å². The number of aryl methyl sites for hydroxylation is 2. The van der Waals surface area contributed by atoms with E-state index in [-0.39, 0.29) is 5.91 Å². The van der Waals surface area contributed by atoms with Crippen molar-refractivity contribution in [2.24, 2.45) is 5.84 Å².